The zero-order chi connectivity index (χ0) is 16.8. The van der Waals surface area contributed by atoms with Gasteiger partial charge >= 0.3 is 0 Å². The van der Waals surface area contributed by atoms with Crippen molar-refractivity contribution in [3.8, 4) is 5.75 Å². The molecule has 3 heteroatoms. The van der Waals surface area contributed by atoms with Crippen LogP contribution in [0.5, 0.6) is 5.75 Å². The van der Waals surface area contributed by atoms with Gasteiger partial charge in [0, 0.05) is 4.83 Å². The standard InChI is InChI=1S/C21H35BrO.H2S/c1-2-3-4-5-6-7-8-9-10-11-12-13-14-21(22)19-15-17-20(23)18-16-19;/h15-18,21,23H,2-14H2,1H3;1H2. The van der Waals surface area contributed by atoms with E-state index in [0.29, 0.717) is 10.6 Å². The maximum absolute atomic E-state index is 9.31. The molecule has 0 aliphatic carbocycles. The van der Waals surface area contributed by atoms with Gasteiger partial charge in [0.15, 0.2) is 0 Å². The largest absolute Gasteiger partial charge is 0.508 e. The number of benzene rings is 1. The number of aromatic hydroxyl groups is 1. The van der Waals surface area contributed by atoms with Gasteiger partial charge < -0.3 is 5.11 Å². The Balaban J connectivity index is 0.00000529. The van der Waals surface area contributed by atoms with Crippen LogP contribution in [0.4, 0.5) is 0 Å². The number of phenols is 1. The van der Waals surface area contributed by atoms with E-state index in [-0.39, 0.29) is 13.5 Å². The van der Waals surface area contributed by atoms with E-state index in [4.69, 9.17) is 0 Å². The molecule has 0 heterocycles. The van der Waals surface area contributed by atoms with Crippen LogP contribution in [0.2, 0.25) is 0 Å². The fourth-order valence-electron chi connectivity index (χ4n) is 3.01. The molecule has 0 spiro atoms. The molecule has 0 aliphatic rings. The van der Waals surface area contributed by atoms with E-state index in [0.717, 1.165) is 0 Å². The molecule has 1 aromatic rings. The molecule has 0 bridgehead atoms. The van der Waals surface area contributed by atoms with Crippen molar-refractivity contribution >= 4 is 29.4 Å². The van der Waals surface area contributed by atoms with Crippen LogP contribution < -0.4 is 0 Å². The van der Waals surface area contributed by atoms with E-state index < -0.39 is 0 Å². The highest BCUT2D eigenvalue weighted by molar-refractivity contribution is 9.09. The van der Waals surface area contributed by atoms with Crippen molar-refractivity contribution in [3.05, 3.63) is 29.8 Å². The second-order valence-corrected chi connectivity index (χ2v) is 7.84. The SMILES string of the molecule is CCCCCCCCCCCCCCC(Br)c1ccc(O)cc1.S. The summed E-state index contributed by atoms with van der Waals surface area (Å²) in [5, 5.41) is 9.31. The average Bonchev–Trinajstić information content (AvgIpc) is 2.56. The molecule has 0 saturated heterocycles. The fourth-order valence-corrected chi connectivity index (χ4v) is 3.64. The normalized spacial score (nSPS) is 11.9. The summed E-state index contributed by atoms with van der Waals surface area (Å²) in [7, 11) is 0. The molecule has 0 aromatic heterocycles. The first-order chi connectivity index (χ1) is 11.2. The number of hydrogen-bond acceptors (Lipinski definition) is 1. The third kappa shape index (κ3) is 12.2. The monoisotopic (exact) mass is 416 g/mol. The molecule has 1 nitrogen and oxygen atoms in total. The molecule has 1 aromatic carbocycles. The highest BCUT2D eigenvalue weighted by Crippen LogP contribution is 2.29. The van der Waals surface area contributed by atoms with Crippen molar-refractivity contribution in [1.29, 1.82) is 0 Å². The molecule has 0 aliphatic heterocycles. The van der Waals surface area contributed by atoms with E-state index >= 15 is 0 Å². The Morgan fingerprint density at radius 3 is 1.62 bits per heavy atom. The van der Waals surface area contributed by atoms with Crippen LogP contribution in [0, 0.1) is 0 Å². The smallest absolute Gasteiger partial charge is 0.115 e. The average molecular weight is 417 g/mol. The minimum atomic E-state index is 0. The number of alkyl halides is 1. The predicted octanol–water partition coefficient (Wildman–Crippen LogP) is 8.03. The second-order valence-electron chi connectivity index (χ2n) is 6.74. The lowest BCUT2D eigenvalue weighted by atomic mass is 10.0. The lowest BCUT2D eigenvalue weighted by Gasteiger charge is -2.10. The fraction of sp³-hybridized carbons (Fsp3) is 0.714. The first kappa shape index (κ1) is 23.9. The maximum Gasteiger partial charge on any atom is 0.115 e. The van der Waals surface area contributed by atoms with Gasteiger partial charge in [0.05, 0.1) is 0 Å². The summed E-state index contributed by atoms with van der Waals surface area (Å²) >= 11 is 3.76. The molecule has 1 atom stereocenters. The number of hydrogen-bond donors (Lipinski definition) is 1. The van der Waals surface area contributed by atoms with Gasteiger partial charge in [0.2, 0.25) is 0 Å². The quantitative estimate of drug-likeness (QED) is 0.240. The predicted molar refractivity (Wildman–Crippen MR) is 116 cm³/mol. The molecule has 1 N–H and O–H groups in total. The van der Waals surface area contributed by atoms with Gasteiger partial charge in [-0.3, -0.25) is 0 Å². The van der Waals surface area contributed by atoms with E-state index in [9.17, 15) is 5.11 Å². The molecular weight excluding hydrogens is 380 g/mol. The Labute approximate surface area is 165 Å². The third-order valence-electron chi connectivity index (χ3n) is 4.57. The minimum Gasteiger partial charge on any atom is -0.508 e. The summed E-state index contributed by atoms with van der Waals surface area (Å²) < 4.78 is 0. The first-order valence-corrected chi connectivity index (χ1v) is 10.6. The van der Waals surface area contributed by atoms with Gasteiger partial charge in [0.1, 0.15) is 5.75 Å². The summed E-state index contributed by atoms with van der Waals surface area (Å²) in [6, 6.07) is 7.56. The highest BCUT2D eigenvalue weighted by atomic mass is 79.9. The molecule has 0 fully saturated rings. The molecule has 140 valence electrons. The van der Waals surface area contributed by atoms with Crippen molar-refractivity contribution in [2.75, 3.05) is 0 Å². The van der Waals surface area contributed by atoms with E-state index in [1.165, 1.54) is 89.0 Å². The van der Waals surface area contributed by atoms with Gasteiger partial charge in [-0.1, -0.05) is 112 Å². The Morgan fingerprint density at radius 1 is 0.750 bits per heavy atom. The van der Waals surface area contributed by atoms with Crippen LogP contribution in [-0.2, 0) is 0 Å². The van der Waals surface area contributed by atoms with Crippen LogP contribution in [0.1, 0.15) is 101 Å². The Kier molecular flexibility index (Phi) is 16.2. The summed E-state index contributed by atoms with van der Waals surface area (Å²) in [5.41, 5.74) is 1.27. The van der Waals surface area contributed by atoms with Crippen LogP contribution in [0.15, 0.2) is 24.3 Å². The zero-order valence-electron chi connectivity index (χ0n) is 15.4. The topological polar surface area (TPSA) is 20.2 Å². The minimum absolute atomic E-state index is 0. The van der Waals surface area contributed by atoms with Gasteiger partial charge in [-0.2, -0.15) is 13.5 Å². The summed E-state index contributed by atoms with van der Waals surface area (Å²) in [5.74, 6) is 0.346. The molecule has 0 saturated carbocycles. The van der Waals surface area contributed by atoms with Crippen molar-refractivity contribution in [3.63, 3.8) is 0 Å². The lowest BCUT2D eigenvalue weighted by Crippen LogP contribution is -1.90. The van der Waals surface area contributed by atoms with Gasteiger partial charge in [0.25, 0.3) is 0 Å². The summed E-state index contributed by atoms with van der Waals surface area (Å²) in [6.07, 6.45) is 18.0. The molecule has 1 unspecified atom stereocenters. The number of phenolic OH excluding ortho intramolecular Hbond substituents is 1. The number of halogens is 1. The van der Waals surface area contributed by atoms with Crippen molar-refractivity contribution in [1.82, 2.24) is 0 Å². The van der Waals surface area contributed by atoms with Gasteiger partial charge in [-0.05, 0) is 24.1 Å². The second kappa shape index (κ2) is 16.3. The Morgan fingerprint density at radius 2 is 1.17 bits per heavy atom. The van der Waals surface area contributed by atoms with E-state index in [2.05, 4.69) is 22.9 Å². The van der Waals surface area contributed by atoms with Crippen molar-refractivity contribution in [2.45, 2.75) is 95.2 Å². The molecule has 0 radical (unpaired) electrons. The highest BCUT2D eigenvalue weighted by Gasteiger charge is 2.06. The van der Waals surface area contributed by atoms with Gasteiger partial charge in [-0.25, -0.2) is 0 Å². The Bertz CT molecular complexity index is 380. The van der Waals surface area contributed by atoms with Crippen molar-refractivity contribution in [2.24, 2.45) is 0 Å². The molecule has 24 heavy (non-hydrogen) atoms. The number of rotatable bonds is 14. The molecule has 0 amide bonds. The maximum atomic E-state index is 9.31. The van der Waals surface area contributed by atoms with Crippen LogP contribution in [-0.4, -0.2) is 5.11 Å². The third-order valence-corrected chi connectivity index (χ3v) is 5.55. The molecule has 1 rings (SSSR count). The zero-order valence-corrected chi connectivity index (χ0v) is 18.0. The van der Waals surface area contributed by atoms with E-state index in [1.54, 1.807) is 12.1 Å². The number of unbranched alkanes of at least 4 members (excludes halogenated alkanes) is 11. The Hall–Kier alpha value is -0.150. The van der Waals surface area contributed by atoms with Crippen LogP contribution >= 0.6 is 29.4 Å². The van der Waals surface area contributed by atoms with Gasteiger partial charge in [-0.15, -0.1) is 0 Å². The lowest BCUT2D eigenvalue weighted by molar-refractivity contribution is 0.475. The van der Waals surface area contributed by atoms with Crippen LogP contribution in [0.25, 0.3) is 0 Å². The van der Waals surface area contributed by atoms with Crippen LogP contribution in [0.3, 0.4) is 0 Å². The summed E-state index contributed by atoms with van der Waals surface area (Å²) in [6.45, 7) is 2.28. The summed E-state index contributed by atoms with van der Waals surface area (Å²) in [4.78, 5) is 0.422. The van der Waals surface area contributed by atoms with E-state index in [1.807, 2.05) is 12.1 Å². The first-order valence-electron chi connectivity index (χ1n) is 9.67. The molecular formula is C21H37BrOS. The van der Waals surface area contributed by atoms with Crippen molar-refractivity contribution < 1.29 is 5.11 Å².